The van der Waals surface area contributed by atoms with Crippen LogP contribution in [0.4, 0.5) is 22.0 Å². The smallest absolute Gasteiger partial charge is 0.324 e. The van der Waals surface area contributed by atoms with E-state index in [1.807, 2.05) is 0 Å². The molecule has 0 aliphatic rings. The van der Waals surface area contributed by atoms with E-state index in [4.69, 9.17) is 0 Å². The molecule has 0 aromatic heterocycles. The van der Waals surface area contributed by atoms with Gasteiger partial charge in [-0.1, -0.05) is 0 Å². The van der Waals surface area contributed by atoms with Crippen LogP contribution in [-0.4, -0.2) is 24.8 Å². The minimum atomic E-state index is -4.32. The number of alkyl halides is 4. The monoisotopic (exact) mass is 331 g/mol. The fourth-order valence-corrected chi connectivity index (χ4v) is 1.26. The topological polar surface area (TPSA) is 29.1 Å². The van der Waals surface area contributed by atoms with Gasteiger partial charge in [0.15, 0.2) is 0 Å². The molecule has 0 atom stereocenters. The summed E-state index contributed by atoms with van der Waals surface area (Å²) in [4.78, 5) is 11.3. The lowest BCUT2D eigenvalue weighted by molar-refractivity contribution is -0.123. The van der Waals surface area contributed by atoms with Crippen LogP contribution in [0.5, 0.6) is 0 Å². The molecule has 0 unspecified atom stereocenters. The Bertz CT molecular complexity index is 452. The second-order valence-corrected chi connectivity index (χ2v) is 4.23. The van der Waals surface area contributed by atoms with Crippen LogP contribution in [0.1, 0.15) is 10.4 Å². The van der Waals surface area contributed by atoms with E-state index in [0.29, 0.717) is 0 Å². The minimum absolute atomic E-state index is 0.0944. The molecular formula is C10H7BrF5NO. The van der Waals surface area contributed by atoms with Crippen LogP contribution in [0.2, 0.25) is 0 Å². The predicted molar refractivity (Wildman–Crippen MR) is 57.4 cm³/mol. The molecule has 1 aromatic carbocycles. The maximum atomic E-state index is 13.0. The maximum Gasteiger partial charge on any atom is 0.324 e. The summed E-state index contributed by atoms with van der Waals surface area (Å²) in [5.74, 6) is -6.13. The van der Waals surface area contributed by atoms with Crippen molar-refractivity contribution in [3.8, 4) is 0 Å². The molecule has 0 saturated heterocycles. The Morgan fingerprint density at radius 3 is 2.50 bits per heavy atom. The lowest BCUT2D eigenvalue weighted by Crippen LogP contribution is -2.41. The molecule has 0 saturated carbocycles. The van der Waals surface area contributed by atoms with Gasteiger partial charge in [0.05, 0.1) is 11.0 Å². The molecular weight excluding hydrogens is 325 g/mol. The van der Waals surface area contributed by atoms with Gasteiger partial charge in [0.25, 0.3) is 5.91 Å². The van der Waals surface area contributed by atoms with Gasteiger partial charge < -0.3 is 5.32 Å². The molecule has 1 rings (SSSR count). The summed E-state index contributed by atoms with van der Waals surface area (Å²) >= 11 is 2.84. The summed E-state index contributed by atoms with van der Waals surface area (Å²) in [5, 5.41) is 1.62. The van der Waals surface area contributed by atoms with Gasteiger partial charge in [-0.2, -0.15) is 8.78 Å². The van der Waals surface area contributed by atoms with Crippen molar-refractivity contribution in [3.05, 3.63) is 34.1 Å². The van der Waals surface area contributed by atoms with Gasteiger partial charge in [0.1, 0.15) is 5.82 Å². The van der Waals surface area contributed by atoms with Crippen LogP contribution in [0.3, 0.4) is 0 Å². The van der Waals surface area contributed by atoms with Crippen LogP contribution in [-0.2, 0) is 0 Å². The van der Waals surface area contributed by atoms with Crippen LogP contribution < -0.4 is 5.32 Å². The number of benzene rings is 1. The summed E-state index contributed by atoms with van der Waals surface area (Å²) < 4.78 is 61.8. The van der Waals surface area contributed by atoms with Crippen molar-refractivity contribution in [3.63, 3.8) is 0 Å². The summed E-state index contributed by atoms with van der Waals surface area (Å²) in [6.45, 7) is -1.51. The molecule has 0 spiro atoms. The zero-order valence-corrected chi connectivity index (χ0v) is 10.3. The first kappa shape index (κ1) is 14.9. The molecule has 18 heavy (non-hydrogen) atoms. The number of amides is 1. The van der Waals surface area contributed by atoms with Crippen molar-refractivity contribution in [2.45, 2.75) is 12.3 Å². The average molecular weight is 332 g/mol. The van der Waals surface area contributed by atoms with E-state index in [1.54, 1.807) is 5.32 Å². The summed E-state index contributed by atoms with van der Waals surface area (Å²) in [6.07, 6.45) is -3.88. The summed E-state index contributed by atoms with van der Waals surface area (Å²) in [7, 11) is 0. The Morgan fingerprint density at radius 2 is 2.00 bits per heavy atom. The second-order valence-electron chi connectivity index (χ2n) is 3.37. The summed E-state index contributed by atoms with van der Waals surface area (Å²) in [5.41, 5.74) is -0.235. The highest BCUT2D eigenvalue weighted by atomic mass is 79.9. The van der Waals surface area contributed by atoms with Crippen LogP contribution in [0.15, 0.2) is 22.7 Å². The van der Waals surface area contributed by atoms with Crippen molar-refractivity contribution in [1.29, 1.82) is 0 Å². The molecule has 8 heteroatoms. The molecule has 0 aliphatic carbocycles. The van der Waals surface area contributed by atoms with Crippen LogP contribution in [0.25, 0.3) is 0 Å². The minimum Gasteiger partial charge on any atom is -0.346 e. The highest BCUT2D eigenvalue weighted by Crippen LogP contribution is 2.22. The van der Waals surface area contributed by atoms with Gasteiger partial charge >= 0.3 is 12.3 Å². The molecule has 1 aromatic rings. The molecule has 0 radical (unpaired) electrons. The largest absolute Gasteiger partial charge is 0.346 e. The number of carbonyl (C=O) groups is 1. The van der Waals surface area contributed by atoms with Crippen molar-refractivity contribution >= 4 is 21.8 Å². The highest BCUT2D eigenvalue weighted by molar-refractivity contribution is 9.10. The quantitative estimate of drug-likeness (QED) is 0.843. The van der Waals surface area contributed by atoms with Gasteiger partial charge in [0.2, 0.25) is 0 Å². The normalized spacial score (nSPS) is 11.7. The molecule has 0 heterocycles. The van der Waals surface area contributed by atoms with Gasteiger partial charge in [0, 0.05) is 5.56 Å². The van der Waals surface area contributed by atoms with Crippen molar-refractivity contribution in [2.75, 3.05) is 6.54 Å². The number of carbonyl (C=O) groups excluding carboxylic acids is 1. The Labute approximate surface area is 107 Å². The van der Waals surface area contributed by atoms with Gasteiger partial charge in [-0.05, 0) is 34.1 Å². The number of nitrogens with one attached hydrogen (secondary N) is 1. The van der Waals surface area contributed by atoms with E-state index in [-0.39, 0.29) is 10.0 Å². The molecule has 1 amide bonds. The molecule has 0 aliphatic heterocycles. The van der Waals surface area contributed by atoms with Crippen LogP contribution in [0, 0.1) is 5.82 Å². The van der Waals surface area contributed by atoms with Crippen molar-refractivity contribution < 1.29 is 26.7 Å². The van der Waals surface area contributed by atoms with E-state index in [9.17, 15) is 26.7 Å². The van der Waals surface area contributed by atoms with Gasteiger partial charge in [-0.25, -0.2) is 13.2 Å². The van der Waals surface area contributed by atoms with E-state index in [0.717, 1.165) is 6.07 Å². The average Bonchev–Trinajstić information content (AvgIpc) is 2.29. The van der Waals surface area contributed by atoms with E-state index >= 15 is 0 Å². The van der Waals surface area contributed by atoms with E-state index < -0.39 is 30.6 Å². The lowest BCUT2D eigenvalue weighted by Gasteiger charge is -2.15. The SMILES string of the molecule is O=C(NCC(F)(F)C(F)F)c1ccc(Br)c(F)c1. The standard InChI is InChI=1S/C10H7BrF5NO/c11-6-2-1-5(3-7(6)12)8(18)17-4-10(15,16)9(13)14/h1-3,9H,4H2,(H,17,18). The fraction of sp³-hybridized carbons (Fsp3) is 0.300. The first-order chi connectivity index (χ1) is 8.24. The molecule has 0 bridgehead atoms. The first-order valence-electron chi connectivity index (χ1n) is 4.63. The predicted octanol–water partition coefficient (Wildman–Crippen LogP) is 3.22. The fourth-order valence-electron chi connectivity index (χ4n) is 1.01. The third-order valence-corrected chi connectivity index (χ3v) is 2.63. The molecule has 100 valence electrons. The summed E-state index contributed by atoms with van der Waals surface area (Å²) in [6, 6.07) is 3.18. The molecule has 0 fully saturated rings. The van der Waals surface area contributed by atoms with Gasteiger partial charge in [-0.3, -0.25) is 4.79 Å². The zero-order valence-electron chi connectivity index (χ0n) is 8.69. The molecule has 1 N–H and O–H groups in total. The Balaban J connectivity index is 2.69. The third kappa shape index (κ3) is 3.66. The third-order valence-electron chi connectivity index (χ3n) is 1.99. The van der Waals surface area contributed by atoms with E-state index in [2.05, 4.69) is 15.9 Å². The first-order valence-corrected chi connectivity index (χ1v) is 5.42. The molecule has 2 nitrogen and oxygen atoms in total. The number of hydrogen-bond acceptors (Lipinski definition) is 1. The van der Waals surface area contributed by atoms with E-state index in [1.165, 1.54) is 12.1 Å². The number of halogens is 6. The zero-order chi connectivity index (χ0) is 13.9. The van der Waals surface area contributed by atoms with Crippen molar-refractivity contribution in [1.82, 2.24) is 5.32 Å². The van der Waals surface area contributed by atoms with Crippen molar-refractivity contribution in [2.24, 2.45) is 0 Å². The number of rotatable bonds is 4. The van der Waals surface area contributed by atoms with Gasteiger partial charge in [-0.15, -0.1) is 0 Å². The maximum absolute atomic E-state index is 13.0. The highest BCUT2D eigenvalue weighted by Gasteiger charge is 2.40. The Kier molecular flexibility index (Phi) is 4.66. The Hall–Kier alpha value is -1.18. The number of hydrogen-bond donors (Lipinski definition) is 1. The lowest BCUT2D eigenvalue weighted by atomic mass is 10.2. The Morgan fingerprint density at radius 1 is 1.39 bits per heavy atom. The second kappa shape index (κ2) is 5.64. The van der Waals surface area contributed by atoms with Crippen LogP contribution >= 0.6 is 15.9 Å².